The predicted molar refractivity (Wildman–Crippen MR) is 80.4 cm³/mol. The molecule has 0 aromatic heterocycles. The number of halogens is 1. The maximum absolute atomic E-state index is 12.4. The number of nitrogens with one attached hydrogen (secondary N) is 1. The van der Waals surface area contributed by atoms with Gasteiger partial charge in [0.25, 0.3) is 0 Å². The number of ether oxygens (including phenoxy) is 1. The number of nitrogens with zero attached hydrogens (tertiary/aromatic N) is 1. The Morgan fingerprint density at radius 3 is 3.00 bits per heavy atom. The van der Waals surface area contributed by atoms with Gasteiger partial charge in [-0.25, -0.2) is 4.79 Å². The molecule has 4 nitrogen and oxygen atoms in total. The second-order valence-electron chi connectivity index (χ2n) is 6.25. The van der Waals surface area contributed by atoms with E-state index in [-0.39, 0.29) is 18.2 Å². The monoisotopic (exact) mass is 306 g/mol. The fourth-order valence-corrected chi connectivity index (χ4v) is 3.93. The first kappa shape index (κ1) is 13.4. The fourth-order valence-electron chi connectivity index (χ4n) is 3.73. The van der Waals surface area contributed by atoms with Crippen molar-refractivity contribution in [3.63, 3.8) is 0 Å². The van der Waals surface area contributed by atoms with E-state index in [1.54, 1.807) is 0 Å². The molecule has 2 bridgehead atoms. The molecular weight excluding hydrogens is 288 g/mol. The van der Waals surface area contributed by atoms with Crippen LogP contribution in [0.3, 0.4) is 0 Å². The maximum atomic E-state index is 12.4. The van der Waals surface area contributed by atoms with Crippen LogP contribution >= 0.6 is 11.6 Å². The van der Waals surface area contributed by atoms with Gasteiger partial charge in [0.2, 0.25) is 0 Å². The van der Waals surface area contributed by atoms with Crippen molar-refractivity contribution in [2.24, 2.45) is 0 Å². The lowest BCUT2D eigenvalue weighted by Crippen LogP contribution is -2.49. The van der Waals surface area contributed by atoms with E-state index in [9.17, 15) is 4.79 Å². The van der Waals surface area contributed by atoms with Crippen molar-refractivity contribution < 1.29 is 9.53 Å². The number of amides is 2. The Balaban J connectivity index is 1.41. The van der Waals surface area contributed by atoms with Gasteiger partial charge in [-0.15, -0.1) is 0 Å². The van der Waals surface area contributed by atoms with E-state index in [4.69, 9.17) is 16.3 Å². The third-order valence-electron chi connectivity index (χ3n) is 4.88. The summed E-state index contributed by atoms with van der Waals surface area (Å²) in [7, 11) is 0. The van der Waals surface area contributed by atoms with E-state index >= 15 is 0 Å². The summed E-state index contributed by atoms with van der Waals surface area (Å²) < 4.78 is 5.79. The number of urea groups is 1. The van der Waals surface area contributed by atoms with Gasteiger partial charge in [0, 0.05) is 18.1 Å². The lowest BCUT2D eigenvalue weighted by atomic mass is 9.95. The molecule has 2 amide bonds. The van der Waals surface area contributed by atoms with E-state index < -0.39 is 0 Å². The van der Waals surface area contributed by atoms with Crippen molar-refractivity contribution in [1.29, 1.82) is 0 Å². The number of carbonyl (C=O) groups excluding carboxylic acids is 1. The summed E-state index contributed by atoms with van der Waals surface area (Å²) in [6.07, 6.45) is 4.66. The third-order valence-corrected chi connectivity index (χ3v) is 5.12. The molecule has 4 rings (SSSR count). The lowest BCUT2D eigenvalue weighted by Gasteiger charge is -2.31. The number of benzene rings is 1. The molecule has 5 heteroatoms. The first-order valence-electron chi connectivity index (χ1n) is 7.67. The molecule has 3 aliphatic heterocycles. The molecule has 21 heavy (non-hydrogen) atoms. The van der Waals surface area contributed by atoms with Crippen molar-refractivity contribution in [2.75, 3.05) is 6.54 Å². The van der Waals surface area contributed by atoms with Gasteiger partial charge in [0.05, 0.1) is 18.2 Å². The van der Waals surface area contributed by atoms with Crippen LogP contribution < -0.4 is 5.32 Å². The highest BCUT2D eigenvalue weighted by molar-refractivity contribution is 6.30. The van der Waals surface area contributed by atoms with Gasteiger partial charge in [-0.3, -0.25) is 0 Å². The average molecular weight is 307 g/mol. The molecule has 0 aliphatic carbocycles. The highest BCUT2D eigenvalue weighted by atomic mass is 35.5. The molecule has 2 saturated heterocycles. The summed E-state index contributed by atoms with van der Waals surface area (Å²) >= 11 is 6.02. The Hall–Kier alpha value is -1.26. The summed E-state index contributed by atoms with van der Waals surface area (Å²) in [5, 5.41) is 3.93. The Bertz CT molecular complexity index is 577. The predicted octanol–water partition coefficient (Wildman–Crippen LogP) is 2.73. The summed E-state index contributed by atoms with van der Waals surface area (Å²) in [6, 6.07) is 6.17. The summed E-state index contributed by atoms with van der Waals surface area (Å²) in [5.41, 5.74) is 2.46. The topological polar surface area (TPSA) is 41.6 Å². The number of rotatable bonds is 1. The van der Waals surface area contributed by atoms with Gasteiger partial charge in [-0.1, -0.05) is 17.7 Å². The SMILES string of the molecule is O=C(NC1CC2CCC1O2)N1CCc2cc(Cl)ccc2C1. The molecule has 1 N–H and O–H groups in total. The number of fused-ring (bicyclic) bond motifs is 3. The van der Waals surface area contributed by atoms with Crippen molar-refractivity contribution in [3.8, 4) is 0 Å². The molecule has 3 atom stereocenters. The summed E-state index contributed by atoms with van der Waals surface area (Å²) in [4.78, 5) is 14.3. The summed E-state index contributed by atoms with van der Waals surface area (Å²) in [6.45, 7) is 1.42. The van der Waals surface area contributed by atoms with E-state index in [1.165, 1.54) is 11.1 Å². The molecule has 1 aromatic carbocycles. The van der Waals surface area contributed by atoms with Gasteiger partial charge < -0.3 is 15.0 Å². The zero-order valence-electron chi connectivity index (χ0n) is 11.8. The van der Waals surface area contributed by atoms with Gasteiger partial charge in [0.15, 0.2) is 0 Å². The Kier molecular flexibility index (Phi) is 3.31. The van der Waals surface area contributed by atoms with Crippen molar-refractivity contribution in [3.05, 3.63) is 34.3 Å². The molecular formula is C16H19ClN2O2. The Morgan fingerprint density at radius 2 is 2.24 bits per heavy atom. The van der Waals surface area contributed by atoms with Crippen LogP contribution in [-0.4, -0.2) is 35.7 Å². The zero-order valence-corrected chi connectivity index (χ0v) is 12.6. The van der Waals surface area contributed by atoms with Crippen LogP contribution in [-0.2, 0) is 17.7 Å². The smallest absolute Gasteiger partial charge is 0.318 e. The Morgan fingerprint density at radius 1 is 1.33 bits per heavy atom. The minimum Gasteiger partial charge on any atom is -0.373 e. The largest absolute Gasteiger partial charge is 0.373 e. The molecule has 0 spiro atoms. The number of hydrogen-bond donors (Lipinski definition) is 1. The Labute approximate surface area is 129 Å². The van der Waals surface area contributed by atoms with E-state index in [0.29, 0.717) is 12.6 Å². The van der Waals surface area contributed by atoms with Crippen LogP contribution in [0.15, 0.2) is 18.2 Å². The fraction of sp³-hybridized carbons (Fsp3) is 0.562. The van der Waals surface area contributed by atoms with E-state index in [2.05, 4.69) is 5.32 Å². The van der Waals surface area contributed by atoms with Crippen LogP contribution in [0, 0.1) is 0 Å². The van der Waals surface area contributed by atoms with Crippen LogP contribution in [0.4, 0.5) is 4.79 Å². The minimum atomic E-state index is 0.0387. The molecule has 3 aliphatic rings. The van der Waals surface area contributed by atoms with Crippen LogP contribution in [0.25, 0.3) is 0 Å². The highest BCUT2D eigenvalue weighted by Gasteiger charge is 2.41. The molecule has 3 unspecified atom stereocenters. The number of carbonyl (C=O) groups is 1. The quantitative estimate of drug-likeness (QED) is 0.867. The molecule has 0 radical (unpaired) electrons. The molecule has 2 fully saturated rings. The van der Waals surface area contributed by atoms with Gasteiger partial charge in [-0.2, -0.15) is 0 Å². The van der Waals surface area contributed by atoms with Crippen molar-refractivity contribution in [2.45, 2.75) is 50.5 Å². The van der Waals surface area contributed by atoms with Gasteiger partial charge in [-0.05, 0) is 48.9 Å². The molecule has 3 heterocycles. The van der Waals surface area contributed by atoms with Crippen molar-refractivity contribution >= 4 is 17.6 Å². The first-order chi connectivity index (χ1) is 10.2. The van der Waals surface area contributed by atoms with Crippen LogP contribution in [0.2, 0.25) is 5.02 Å². The van der Waals surface area contributed by atoms with Crippen molar-refractivity contribution in [1.82, 2.24) is 10.2 Å². The second-order valence-corrected chi connectivity index (χ2v) is 6.69. The molecule has 112 valence electrons. The van der Waals surface area contributed by atoms with Gasteiger partial charge >= 0.3 is 6.03 Å². The highest BCUT2D eigenvalue weighted by Crippen LogP contribution is 2.34. The van der Waals surface area contributed by atoms with E-state index in [0.717, 1.165) is 37.3 Å². The van der Waals surface area contributed by atoms with Gasteiger partial charge in [0.1, 0.15) is 0 Å². The third kappa shape index (κ3) is 2.51. The van der Waals surface area contributed by atoms with Crippen LogP contribution in [0.1, 0.15) is 30.4 Å². The number of hydrogen-bond acceptors (Lipinski definition) is 2. The standard InChI is InChI=1S/C16H19ClN2O2/c17-12-2-1-11-9-19(6-5-10(11)7-12)16(20)18-14-8-13-3-4-15(14)21-13/h1-2,7,13-15H,3-6,8-9H2,(H,18,20). The minimum absolute atomic E-state index is 0.0387. The average Bonchev–Trinajstić information content (AvgIpc) is 3.09. The second kappa shape index (κ2) is 5.18. The molecule has 1 aromatic rings. The van der Waals surface area contributed by atoms with Crippen LogP contribution in [0.5, 0.6) is 0 Å². The first-order valence-corrected chi connectivity index (χ1v) is 8.05. The summed E-state index contributed by atoms with van der Waals surface area (Å²) in [5.74, 6) is 0. The molecule has 0 saturated carbocycles. The lowest BCUT2D eigenvalue weighted by molar-refractivity contribution is 0.0968. The normalized spacial score (nSPS) is 30.3. The van der Waals surface area contributed by atoms with E-state index in [1.807, 2.05) is 23.1 Å². The maximum Gasteiger partial charge on any atom is 0.318 e. The zero-order chi connectivity index (χ0) is 14.4.